The van der Waals surface area contributed by atoms with Gasteiger partial charge in [0.2, 0.25) is 5.91 Å². The summed E-state index contributed by atoms with van der Waals surface area (Å²) in [6.07, 6.45) is -4.89. The van der Waals surface area contributed by atoms with Gasteiger partial charge in [0.05, 0.1) is 18.4 Å². The van der Waals surface area contributed by atoms with Crippen LogP contribution in [0.1, 0.15) is 52.4 Å². The number of hydrogen-bond donors (Lipinski definition) is 3. The monoisotopic (exact) mass is 313 g/mol. The van der Waals surface area contributed by atoms with E-state index in [0.29, 0.717) is 25.7 Å². The highest BCUT2D eigenvalue weighted by molar-refractivity contribution is 5.84. The Balaban J connectivity index is 4.72. The molecule has 1 amide bonds. The number of aliphatic hydroxyl groups is 1. The average molecular weight is 313 g/mol. The zero-order chi connectivity index (χ0) is 16.7. The molecule has 0 saturated heterocycles. The fourth-order valence-corrected chi connectivity index (χ4v) is 2.21. The molecule has 0 rings (SSSR count). The van der Waals surface area contributed by atoms with Gasteiger partial charge in [0.25, 0.3) is 0 Å². The summed E-state index contributed by atoms with van der Waals surface area (Å²) in [5.41, 5.74) is -1.31. The summed E-state index contributed by atoms with van der Waals surface area (Å²) in [6.45, 7) is 3.62. The summed E-state index contributed by atoms with van der Waals surface area (Å²) >= 11 is 0. The zero-order valence-corrected chi connectivity index (χ0v) is 12.2. The summed E-state index contributed by atoms with van der Waals surface area (Å²) in [6, 6.07) is -2.04. The van der Waals surface area contributed by atoms with Crippen molar-refractivity contribution >= 4 is 11.9 Å². The van der Waals surface area contributed by atoms with Crippen LogP contribution in [0.2, 0.25) is 0 Å². The number of carboxylic acids is 1. The molecular weight excluding hydrogens is 291 g/mol. The minimum Gasteiger partial charge on any atom is -0.480 e. The molecular formula is C13H22F3NO4. The van der Waals surface area contributed by atoms with Gasteiger partial charge in [-0.25, -0.2) is 4.79 Å². The van der Waals surface area contributed by atoms with Crippen LogP contribution >= 0.6 is 0 Å². The number of carbonyl (C=O) groups excluding carboxylic acids is 1. The van der Waals surface area contributed by atoms with E-state index in [1.807, 2.05) is 19.2 Å². The fourth-order valence-electron chi connectivity index (χ4n) is 2.21. The van der Waals surface area contributed by atoms with E-state index in [1.165, 1.54) is 0 Å². The van der Waals surface area contributed by atoms with Crippen LogP contribution in [0.5, 0.6) is 0 Å². The summed E-state index contributed by atoms with van der Waals surface area (Å²) in [4.78, 5) is 22.5. The minimum atomic E-state index is -4.69. The van der Waals surface area contributed by atoms with Gasteiger partial charge in [-0.15, -0.1) is 0 Å². The number of amides is 1. The molecule has 0 aliphatic carbocycles. The molecule has 0 aliphatic heterocycles. The molecule has 0 aromatic rings. The standard InChI is InChI=1S/C13H22F3NO4/c1-3-5-12(21,6-4-2)8-10(18)17-9(11(19)20)7-13(14,15)16/h9,21H,3-8H2,1-2H3,(H,17,18)(H,19,20). The Hall–Kier alpha value is -1.31. The van der Waals surface area contributed by atoms with E-state index in [-0.39, 0.29) is 0 Å². The molecule has 124 valence electrons. The third-order valence-electron chi connectivity index (χ3n) is 2.99. The maximum atomic E-state index is 12.2. The average Bonchev–Trinajstić information content (AvgIpc) is 2.25. The van der Waals surface area contributed by atoms with E-state index < -0.39 is 42.5 Å². The lowest BCUT2D eigenvalue weighted by molar-refractivity contribution is -0.160. The van der Waals surface area contributed by atoms with E-state index in [0.717, 1.165) is 0 Å². The van der Waals surface area contributed by atoms with Gasteiger partial charge < -0.3 is 15.5 Å². The van der Waals surface area contributed by atoms with Gasteiger partial charge in [0, 0.05) is 0 Å². The first-order valence-corrected chi connectivity index (χ1v) is 6.84. The van der Waals surface area contributed by atoms with Gasteiger partial charge in [0.1, 0.15) is 6.04 Å². The number of rotatable bonds is 9. The van der Waals surface area contributed by atoms with Gasteiger partial charge in [-0.1, -0.05) is 26.7 Å². The molecule has 0 fully saturated rings. The van der Waals surface area contributed by atoms with Crippen molar-refractivity contribution in [1.82, 2.24) is 5.32 Å². The number of nitrogens with one attached hydrogen (secondary N) is 1. The molecule has 8 heteroatoms. The van der Waals surface area contributed by atoms with Crippen LogP contribution in [-0.4, -0.2) is 39.9 Å². The molecule has 3 N–H and O–H groups in total. The third-order valence-corrected chi connectivity index (χ3v) is 2.99. The van der Waals surface area contributed by atoms with Crippen molar-refractivity contribution in [3.8, 4) is 0 Å². The normalized spacial score (nSPS) is 13.8. The van der Waals surface area contributed by atoms with Crippen LogP contribution in [0.25, 0.3) is 0 Å². The Bertz CT molecular complexity index is 352. The molecule has 1 atom stereocenters. The molecule has 0 aromatic carbocycles. The Morgan fingerprint density at radius 3 is 1.95 bits per heavy atom. The first-order valence-electron chi connectivity index (χ1n) is 6.84. The summed E-state index contributed by atoms with van der Waals surface area (Å²) < 4.78 is 36.7. The smallest absolute Gasteiger partial charge is 0.391 e. The minimum absolute atomic E-state index is 0.325. The van der Waals surface area contributed by atoms with Gasteiger partial charge >= 0.3 is 12.1 Å². The van der Waals surface area contributed by atoms with Crippen molar-refractivity contribution in [2.45, 2.75) is 70.2 Å². The highest BCUT2D eigenvalue weighted by Crippen LogP contribution is 2.25. The van der Waals surface area contributed by atoms with Crippen LogP contribution in [0.15, 0.2) is 0 Å². The topological polar surface area (TPSA) is 86.6 Å². The first kappa shape index (κ1) is 19.7. The lowest BCUT2D eigenvalue weighted by atomic mass is 9.89. The van der Waals surface area contributed by atoms with Crippen molar-refractivity contribution in [3.05, 3.63) is 0 Å². The Morgan fingerprint density at radius 2 is 1.62 bits per heavy atom. The third kappa shape index (κ3) is 8.54. The summed E-state index contributed by atoms with van der Waals surface area (Å²) in [5, 5.41) is 20.8. The second-order valence-corrected chi connectivity index (χ2v) is 5.18. The second-order valence-electron chi connectivity index (χ2n) is 5.18. The van der Waals surface area contributed by atoms with Crippen molar-refractivity contribution in [2.24, 2.45) is 0 Å². The molecule has 0 saturated carbocycles. The molecule has 5 nitrogen and oxygen atoms in total. The van der Waals surface area contributed by atoms with E-state index in [1.54, 1.807) is 0 Å². The van der Waals surface area contributed by atoms with Crippen molar-refractivity contribution in [1.29, 1.82) is 0 Å². The number of halogens is 3. The Labute approximate surface area is 121 Å². The van der Waals surface area contributed by atoms with Gasteiger partial charge in [-0.2, -0.15) is 13.2 Å². The maximum Gasteiger partial charge on any atom is 0.391 e. The molecule has 0 radical (unpaired) electrons. The lowest BCUT2D eigenvalue weighted by Gasteiger charge is -2.27. The zero-order valence-electron chi connectivity index (χ0n) is 12.2. The van der Waals surface area contributed by atoms with E-state index in [2.05, 4.69) is 0 Å². The quantitative estimate of drug-likeness (QED) is 0.609. The molecule has 0 heterocycles. The molecule has 0 bridgehead atoms. The fraction of sp³-hybridized carbons (Fsp3) is 0.846. The SMILES string of the molecule is CCCC(O)(CCC)CC(=O)NC(CC(F)(F)F)C(=O)O. The number of carbonyl (C=O) groups is 2. The van der Waals surface area contributed by atoms with Crippen LogP contribution in [0.3, 0.4) is 0 Å². The van der Waals surface area contributed by atoms with Crippen molar-refractivity contribution in [2.75, 3.05) is 0 Å². The first-order chi connectivity index (χ1) is 9.53. The second kappa shape index (κ2) is 8.21. The largest absolute Gasteiger partial charge is 0.480 e. The summed E-state index contributed by atoms with van der Waals surface area (Å²) in [7, 11) is 0. The van der Waals surface area contributed by atoms with Crippen molar-refractivity contribution < 1.29 is 33.0 Å². The number of aliphatic carboxylic acids is 1. The molecule has 0 aromatic heterocycles. The van der Waals surface area contributed by atoms with Crippen molar-refractivity contribution in [3.63, 3.8) is 0 Å². The number of alkyl halides is 3. The van der Waals surface area contributed by atoms with Gasteiger partial charge in [-0.05, 0) is 12.8 Å². The molecule has 0 spiro atoms. The van der Waals surface area contributed by atoms with E-state index in [9.17, 15) is 27.9 Å². The lowest BCUT2D eigenvalue weighted by Crippen LogP contribution is -2.46. The van der Waals surface area contributed by atoms with E-state index in [4.69, 9.17) is 5.11 Å². The van der Waals surface area contributed by atoms with Gasteiger partial charge in [-0.3, -0.25) is 4.79 Å². The maximum absolute atomic E-state index is 12.2. The van der Waals surface area contributed by atoms with E-state index >= 15 is 0 Å². The van der Waals surface area contributed by atoms with Crippen LogP contribution in [0.4, 0.5) is 13.2 Å². The Kier molecular flexibility index (Phi) is 7.70. The highest BCUT2D eigenvalue weighted by Gasteiger charge is 2.37. The molecule has 0 aliphatic rings. The Morgan fingerprint density at radius 1 is 1.14 bits per heavy atom. The predicted molar refractivity (Wildman–Crippen MR) is 69.6 cm³/mol. The number of hydrogen-bond acceptors (Lipinski definition) is 3. The number of carboxylic acid groups (broad SMARTS) is 1. The molecule has 21 heavy (non-hydrogen) atoms. The van der Waals surface area contributed by atoms with Crippen LogP contribution in [-0.2, 0) is 9.59 Å². The van der Waals surface area contributed by atoms with Gasteiger partial charge in [0.15, 0.2) is 0 Å². The predicted octanol–water partition coefficient (Wildman–Crippen LogP) is 2.23. The van der Waals surface area contributed by atoms with Crippen LogP contribution < -0.4 is 5.32 Å². The highest BCUT2D eigenvalue weighted by atomic mass is 19.4. The van der Waals surface area contributed by atoms with Crippen LogP contribution in [0, 0.1) is 0 Å². The summed E-state index contributed by atoms with van der Waals surface area (Å²) in [5.74, 6) is -2.65. The molecule has 1 unspecified atom stereocenters.